The second-order valence-electron chi connectivity index (χ2n) is 5.58. The molecule has 0 atom stereocenters. The minimum absolute atomic E-state index is 0.269. The Balaban J connectivity index is 1.96. The highest BCUT2D eigenvalue weighted by atomic mass is 16.4. The maximum atomic E-state index is 11.6. The smallest absolute Gasteiger partial charge is 0.354 e. The van der Waals surface area contributed by atoms with Gasteiger partial charge in [-0.3, -0.25) is 4.40 Å². The van der Waals surface area contributed by atoms with Crippen molar-refractivity contribution in [2.24, 2.45) is 0 Å². The predicted molar refractivity (Wildman–Crippen MR) is 85.5 cm³/mol. The molecule has 1 aromatic carbocycles. The van der Waals surface area contributed by atoms with E-state index >= 15 is 0 Å². The monoisotopic (exact) mass is 294 g/mol. The molecule has 2 heterocycles. The molecule has 0 saturated heterocycles. The highest BCUT2D eigenvalue weighted by Crippen LogP contribution is 2.18. The highest BCUT2D eigenvalue weighted by Gasteiger charge is 2.18. The van der Waals surface area contributed by atoms with Crippen LogP contribution in [0.15, 0.2) is 42.6 Å². The Labute approximate surface area is 129 Å². The topological polar surface area (TPSA) is 54.6 Å². The van der Waals surface area contributed by atoms with Crippen molar-refractivity contribution in [3.05, 3.63) is 70.7 Å². The van der Waals surface area contributed by atoms with Gasteiger partial charge in [-0.2, -0.15) is 0 Å². The first-order valence-corrected chi connectivity index (χ1v) is 7.31. The third kappa shape index (κ3) is 2.60. The summed E-state index contributed by atoms with van der Waals surface area (Å²) in [5.74, 6) is -0.933. The van der Waals surface area contributed by atoms with Crippen LogP contribution in [-0.2, 0) is 12.8 Å². The number of aryl methyl sites for hydroxylation is 4. The Hall–Kier alpha value is -2.62. The van der Waals surface area contributed by atoms with Gasteiger partial charge in [0.15, 0.2) is 5.69 Å². The molecule has 0 radical (unpaired) electrons. The fourth-order valence-electron chi connectivity index (χ4n) is 2.67. The number of aromatic nitrogens is 2. The van der Waals surface area contributed by atoms with Crippen LogP contribution in [0.4, 0.5) is 0 Å². The van der Waals surface area contributed by atoms with E-state index in [1.807, 2.05) is 19.1 Å². The van der Waals surface area contributed by atoms with Crippen molar-refractivity contribution >= 4 is 11.6 Å². The summed E-state index contributed by atoms with van der Waals surface area (Å²) in [4.78, 5) is 16.2. The number of imidazole rings is 1. The lowest BCUT2D eigenvalue weighted by atomic mass is 10.1. The van der Waals surface area contributed by atoms with Crippen molar-refractivity contribution in [3.8, 4) is 0 Å². The molecule has 2 aromatic heterocycles. The molecule has 1 N–H and O–H groups in total. The van der Waals surface area contributed by atoms with E-state index in [-0.39, 0.29) is 5.69 Å². The first-order chi connectivity index (χ1) is 10.6. The van der Waals surface area contributed by atoms with Gasteiger partial charge in [0, 0.05) is 6.20 Å². The van der Waals surface area contributed by atoms with Gasteiger partial charge in [0.2, 0.25) is 0 Å². The number of carbonyl (C=O) groups is 1. The zero-order valence-corrected chi connectivity index (χ0v) is 12.7. The molecule has 0 saturated carbocycles. The molecule has 0 unspecified atom stereocenters. The maximum Gasteiger partial charge on any atom is 0.354 e. The molecule has 0 amide bonds. The third-order valence-corrected chi connectivity index (χ3v) is 3.89. The van der Waals surface area contributed by atoms with Crippen LogP contribution in [-0.4, -0.2) is 20.5 Å². The van der Waals surface area contributed by atoms with Gasteiger partial charge in [0.05, 0.1) is 5.69 Å². The number of carboxylic acid groups (broad SMARTS) is 1. The summed E-state index contributed by atoms with van der Waals surface area (Å²) in [5.41, 5.74) is 5.02. The fourth-order valence-corrected chi connectivity index (χ4v) is 2.67. The van der Waals surface area contributed by atoms with Gasteiger partial charge in [0.1, 0.15) is 5.65 Å². The van der Waals surface area contributed by atoms with Crippen molar-refractivity contribution < 1.29 is 9.90 Å². The molecule has 3 aromatic rings. The van der Waals surface area contributed by atoms with Crippen molar-refractivity contribution in [3.63, 3.8) is 0 Å². The van der Waals surface area contributed by atoms with Crippen LogP contribution in [0.25, 0.3) is 5.65 Å². The molecule has 0 aliphatic carbocycles. The number of hydrogen-bond acceptors (Lipinski definition) is 2. The number of carboxylic acids is 1. The second kappa shape index (κ2) is 5.64. The van der Waals surface area contributed by atoms with Crippen molar-refractivity contribution in [2.45, 2.75) is 26.7 Å². The summed E-state index contributed by atoms with van der Waals surface area (Å²) >= 11 is 0. The van der Waals surface area contributed by atoms with Crippen LogP contribution >= 0.6 is 0 Å². The fraction of sp³-hybridized carbons (Fsp3) is 0.222. The highest BCUT2D eigenvalue weighted by molar-refractivity contribution is 5.88. The Morgan fingerprint density at radius 3 is 2.55 bits per heavy atom. The summed E-state index contributed by atoms with van der Waals surface area (Å²) in [6.45, 7) is 3.99. The number of rotatable bonds is 4. The number of nitrogens with zero attached hydrogens (tertiary/aromatic N) is 2. The first-order valence-electron chi connectivity index (χ1n) is 7.31. The summed E-state index contributed by atoms with van der Waals surface area (Å²) in [7, 11) is 0. The Kier molecular flexibility index (Phi) is 3.67. The number of aromatic carboxylic acids is 1. The van der Waals surface area contributed by atoms with Gasteiger partial charge < -0.3 is 5.11 Å². The Morgan fingerprint density at radius 1 is 1.14 bits per heavy atom. The molecule has 4 heteroatoms. The van der Waals surface area contributed by atoms with E-state index in [0.29, 0.717) is 12.1 Å². The van der Waals surface area contributed by atoms with E-state index in [2.05, 4.69) is 36.2 Å². The molecule has 22 heavy (non-hydrogen) atoms. The summed E-state index contributed by atoms with van der Waals surface area (Å²) in [6, 6.07) is 12.1. The molecule has 0 fully saturated rings. The average molecular weight is 294 g/mol. The first kappa shape index (κ1) is 14.3. The van der Waals surface area contributed by atoms with Crippen LogP contribution < -0.4 is 0 Å². The van der Waals surface area contributed by atoms with E-state index < -0.39 is 5.97 Å². The average Bonchev–Trinajstić information content (AvgIpc) is 2.87. The summed E-state index contributed by atoms with van der Waals surface area (Å²) in [6.07, 6.45) is 3.16. The van der Waals surface area contributed by atoms with E-state index in [1.54, 1.807) is 10.6 Å². The van der Waals surface area contributed by atoms with Crippen LogP contribution in [0.2, 0.25) is 0 Å². The molecule has 0 bridgehead atoms. The van der Waals surface area contributed by atoms with Gasteiger partial charge in [-0.25, -0.2) is 9.78 Å². The SMILES string of the molecule is Cc1ccc(CCc2nc3c(C)cccn3c2C(=O)O)cc1. The van der Waals surface area contributed by atoms with E-state index in [9.17, 15) is 9.90 Å². The van der Waals surface area contributed by atoms with Gasteiger partial charge in [-0.1, -0.05) is 35.9 Å². The minimum Gasteiger partial charge on any atom is -0.477 e. The third-order valence-electron chi connectivity index (χ3n) is 3.89. The minimum atomic E-state index is -0.933. The van der Waals surface area contributed by atoms with E-state index in [1.165, 1.54) is 11.1 Å². The number of hydrogen-bond donors (Lipinski definition) is 1. The van der Waals surface area contributed by atoms with Crippen molar-refractivity contribution in [2.75, 3.05) is 0 Å². The molecular weight excluding hydrogens is 276 g/mol. The van der Waals surface area contributed by atoms with E-state index in [0.717, 1.165) is 17.6 Å². The van der Waals surface area contributed by atoms with Crippen LogP contribution in [0.1, 0.15) is 32.9 Å². The largest absolute Gasteiger partial charge is 0.477 e. The lowest BCUT2D eigenvalue weighted by molar-refractivity contribution is 0.0688. The van der Waals surface area contributed by atoms with Gasteiger partial charge in [-0.15, -0.1) is 0 Å². The van der Waals surface area contributed by atoms with Crippen LogP contribution in [0, 0.1) is 13.8 Å². The molecule has 0 spiro atoms. The van der Waals surface area contributed by atoms with E-state index in [4.69, 9.17) is 0 Å². The molecule has 3 rings (SSSR count). The lowest BCUT2D eigenvalue weighted by Gasteiger charge is -2.02. The maximum absolute atomic E-state index is 11.6. The molecule has 4 nitrogen and oxygen atoms in total. The number of benzene rings is 1. The molecule has 0 aliphatic heterocycles. The van der Waals surface area contributed by atoms with Gasteiger partial charge >= 0.3 is 5.97 Å². The number of pyridine rings is 1. The van der Waals surface area contributed by atoms with Crippen LogP contribution in [0.5, 0.6) is 0 Å². The number of fused-ring (bicyclic) bond motifs is 1. The summed E-state index contributed by atoms with van der Waals surface area (Å²) in [5, 5.41) is 9.52. The Bertz CT molecular complexity index is 832. The normalized spacial score (nSPS) is 11.0. The Morgan fingerprint density at radius 2 is 1.86 bits per heavy atom. The molecule has 112 valence electrons. The lowest BCUT2D eigenvalue weighted by Crippen LogP contribution is -2.06. The zero-order chi connectivity index (χ0) is 15.7. The summed E-state index contributed by atoms with van der Waals surface area (Å²) < 4.78 is 1.67. The molecular formula is C18H18N2O2. The van der Waals surface area contributed by atoms with Crippen molar-refractivity contribution in [1.82, 2.24) is 9.38 Å². The zero-order valence-electron chi connectivity index (χ0n) is 12.7. The standard InChI is InChI=1S/C18H18N2O2/c1-12-5-7-14(8-6-12)9-10-15-16(18(21)22)20-11-3-4-13(2)17(20)19-15/h3-8,11H,9-10H2,1-2H3,(H,21,22). The quantitative estimate of drug-likeness (QED) is 0.802. The van der Waals surface area contributed by atoms with Gasteiger partial charge in [0.25, 0.3) is 0 Å². The predicted octanol–water partition coefficient (Wildman–Crippen LogP) is 3.43. The second-order valence-corrected chi connectivity index (χ2v) is 5.58. The van der Waals surface area contributed by atoms with Gasteiger partial charge in [-0.05, 0) is 43.9 Å². The molecule has 0 aliphatic rings. The van der Waals surface area contributed by atoms with Crippen molar-refractivity contribution in [1.29, 1.82) is 0 Å². The van der Waals surface area contributed by atoms with Crippen LogP contribution in [0.3, 0.4) is 0 Å².